The normalized spacial score (nSPS) is 10.9. The van der Waals surface area contributed by atoms with Gasteiger partial charge in [-0.3, -0.25) is 14.5 Å². The molecule has 0 radical (unpaired) electrons. The van der Waals surface area contributed by atoms with E-state index < -0.39 is 0 Å². The first-order chi connectivity index (χ1) is 13.5. The van der Waals surface area contributed by atoms with Gasteiger partial charge in [-0.25, -0.2) is 4.98 Å². The summed E-state index contributed by atoms with van der Waals surface area (Å²) < 4.78 is 4.93. The Kier molecular flexibility index (Phi) is 9.06. The summed E-state index contributed by atoms with van der Waals surface area (Å²) in [6.45, 7) is 3.53. The Hall–Kier alpha value is -2.29. The number of rotatable bonds is 11. The highest BCUT2D eigenvalue weighted by Crippen LogP contribution is 2.21. The quantitative estimate of drug-likeness (QED) is 0.560. The van der Waals surface area contributed by atoms with Crippen molar-refractivity contribution in [3.8, 4) is 0 Å². The molecule has 0 aliphatic rings. The first-order valence-corrected chi connectivity index (χ1v) is 10.0. The van der Waals surface area contributed by atoms with Gasteiger partial charge in [0.1, 0.15) is 0 Å². The molecule has 2 amide bonds. The molecule has 8 heteroatoms. The molecule has 28 heavy (non-hydrogen) atoms. The lowest BCUT2D eigenvalue weighted by Gasteiger charge is -2.15. The molecule has 0 unspecified atom stereocenters. The van der Waals surface area contributed by atoms with Gasteiger partial charge in [-0.05, 0) is 26.0 Å². The highest BCUT2D eigenvalue weighted by Gasteiger charge is 2.12. The Morgan fingerprint density at radius 1 is 1.25 bits per heavy atom. The molecule has 2 rings (SSSR count). The molecule has 0 bridgehead atoms. The number of likely N-dealkylation sites (N-methyl/N-ethyl adjacent to an activating group) is 1. The van der Waals surface area contributed by atoms with E-state index in [1.54, 1.807) is 25.3 Å². The van der Waals surface area contributed by atoms with Gasteiger partial charge in [0, 0.05) is 37.8 Å². The van der Waals surface area contributed by atoms with Crippen LogP contribution in [-0.2, 0) is 20.7 Å². The molecular weight excluding hydrogens is 376 g/mol. The van der Waals surface area contributed by atoms with Crippen molar-refractivity contribution in [1.82, 2.24) is 15.2 Å². The number of hydrogen-bond acceptors (Lipinski definition) is 6. The number of ether oxygens (including phenoxy) is 1. The first kappa shape index (κ1) is 22.0. The van der Waals surface area contributed by atoms with Crippen molar-refractivity contribution in [2.24, 2.45) is 0 Å². The molecule has 0 aliphatic carbocycles. The minimum absolute atomic E-state index is 0.110. The summed E-state index contributed by atoms with van der Waals surface area (Å²) in [5.74, 6) is -0.299. The molecule has 2 aromatic rings. The van der Waals surface area contributed by atoms with Crippen LogP contribution in [0.4, 0.5) is 5.13 Å². The van der Waals surface area contributed by atoms with Crippen molar-refractivity contribution in [1.29, 1.82) is 0 Å². The largest absolute Gasteiger partial charge is 0.385 e. The highest BCUT2D eigenvalue weighted by molar-refractivity contribution is 7.15. The number of anilines is 1. The number of carbonyl (C=O) groups excluding carboxylic acids is 2. The van der Waals surface area contributed by atoms with Crippen molar-refractivity contribution < 1.29 is 14.3 Å². The summed E-state index contributed by atoms with van der Waals surface area (Å²) in [6.07, 6.45) is 3.35. The van der Waals surface area contributed by atoms with E-state index in [2.05, 4.69) is 40.7 Å². The lowest BCUT2D eigenvalue weighted by atomic mass is 10.1. The maximum atomic E-state index is 12.2. The third kappa shape index (κ3) is 8.16. The molecule has 1 aromatic carbocycles. The maximum Gasteiger partial charge on any atom is 0.240 e. The molecule has 0 atom stereocenters. The fourth-order valence-electron chi connectivity index (χ4n) is 2.68. The lowest BCUT2D eigenvalue weighted by molar-refractivity contribution is -0.123. The number of carbonyl (C=O) groups is 2. The van der Waals surface area contributed by atoms with E-state index in [9.17, 15) is 9.59 Å². The number of aromatic nitrogens is 1. The predicted molar refractivity (Wildman–Crippen MR) is 112 cm³/mol. The molecule has 0 saturated carbocycles. The van der Waals surface area contributed by atoms with Crippen LogP contribution in [0.2, 0.25) is 0 Å². The minimum atomic E-state index is -0.189. The number of benzene rings is 1. The zero-order valence-corrected chi connectivity index (χ0v) is 17.5. The van der Waals surface area contributed by atoms with Crippen molar-refractivity contribution in [3.63, 3.8) is 0 Å². The molecule has 7 nitrogen and oxygen atoms in total. The van der Waals surface area contributed by atoms with Crippen LogP contribution in [0.3, 0.4) is 0 Å². The van der Waals surface area contributed by atoms with Crippen LogP contribution in [0.5, 0.6) is 0 Å². The van der Waals surface area contributed by atoms with Gasteiger partial charge in [0.2, 0.25) is 11.8 Å². The Labute approximate surface area is 170 Å². The molecule has 0 spiro atoms. The van der Waals surface area contributed by atoms with Gasteiger partial charge in [0.25, 0.3) is 0 Å². The van der Waals surface area contributed by atoms with Gasteiger partial charge in [-0.15, -0.1) is 11.3 Å². The minimum Gasteiger partial charge on any atom is -0.385 e. The zero-order valence-electron chi connectivity index (χ0n) is 16.7. The number of thiazole rings is 1. The number of methoxy groups -OCH3 is 1. The number of aryl methyl sites for hydroxylation is 1. The van der Waals surface area contributed by atoms with Crippen LogP contribution in [0.1, 0.15) is 22.4 Å². The van der Waals surface area contributed by atoms with E-state index in [1.165, 1.54) is 22.5 Å². The fraction of sp³-hybridized carbons (Fsp3) is 0.450. The summed E-state index contributed by atoms with van der Waals surface area (Å²) in [5.41, 5.74) is 2.44. The van der Waals surface area contributed by atoms with Gasteiger partial charge < -0.3 is 15.4 Å². The van der Waals surface area contributed by atoms with E-state index in [1.807, 2.05) is 6.07 Å². The van der Waals surface area contributed by atoms with E-state index in [-0.39, 0.29) is 24.9 Å². The SMILES string of the molecule is COCCCNC(=O)CN(C)CC(=O)Nc1ncc(Cc2cccc(C)c2)s1. The van der Waals surface area contributed by atoms with Gasteiger partial charge in [0.15, 0.2) is 5.13 Å². The smallest absolute Gasteiger partial charge is 0.240 e. The van der Waals surface area contributed by atoms with Gasteiger partial charge in [0.05, 0.1) is 13.1 Å². The number of nitrogens with zero attached hydrogens (tertiary/aromatic N) is 2. The fourth-order valence-corrected chi connectivity index (χ4v) is 3.54. The van der Waals surface area contributed by atoms with Crippen LogP contribution >= 0.6 is 11.3 Å². The second-order valence-electron chi connectivity index (χ2n) is 6.71. The van der Waals surface area contributed by atoms with Gasteiger partial charge in [-0.2, -0.15) is 0 Å². The molecule has 0 fully saturated rings. The second-order valence-corrected chi connectivity index (χ2v) is 7.83. The van der Waals surface area contributed by atoms with Crippen molar-refractivity contribution in [2.45, 2.75) is 19.8 Å². The molecular formula is C20H28N4O3S. The Bertz CT molecular complexity index is 778. The van der Waals surface area contributed by atoms with Crippen LogP contribution in [0.15, 0.2) is 30.5 Å². The summed E-state index contributed by atoms with van der Waals surface area (Å²) in [6, 6.07) is 8.34. The molecule has 2 N–H and O–H groups in total. The predicted octanol–water partition coefficient (Wildman–Crippen LogP) is 2.07. The molecule has 0 saturated heterocycles. The summed E-state index contributed by atoms with van der Waals surface area (Å²) in [4.78, 5) is 31.0. The third-order valence-corrected chi connectivity index (χ3v) is 4.85. The number of nitrogens with one attached hydrogen (secondary N) is 2. The zero-order chi connectivity index (χ0) is 20.4. The van der Waals surface area contributed by atoms with Crippen LogP contribution in [0.25, 0.3) is 0 Å². The Balaban J connectivity index is 1.74. The summed E-state index contributed by atoms with van der Waals surface area (Å²) in [7, 11) is 3.36. The Morgan fingerprint density at radius 2 is 2.04 bits per heavy atom. The van der Waals surface area contributed by atoms with Gasteiger partial charge in [-0.1, -0.05) is 29.8 Å². The van der Waals surface area contributed by atoms with Crippen LogP contribution in [0, 0.1) is 6.92 Å². The van der Waals surface area contributed by atoms with Crippen LogP contribution < -0.4 is 10.6 Å². The molecule has 0 aliphatic heterocycles. The topological polar surface area (TPSA) is 83.6 Å². The summed E-state index contributed by atoms with van der Waals surface area (Å²) >= 11 is 1.47. The first-order valence-electron chi connectivity index (χ1n) is 9.20. The average Bonchev–Trinajstić information content (AvgIpc) is 3.05. The molecule has 152 valence electrons. The van der Waals surface area contributed by atoms with E-state index in [4.69, 9.17) is 4.74 Å². The van der Waals surface area contributed by atoms with Crippen molar-refractivity contribution >= 4 is 28.3 Å². The van der Waals surface area contributed by atoms with Crippen LogP contribution in [-0.4, -0.2) is 62.1 Å². The number of hydrogen-bond donors (Lipinski definition) is 2. The standard InChI is InChI=1S/C20H28N4O3S/c1-15-6-4-7-16(10-15)11-17-12-22-20(28-17)23-19(26)14-24(2)13-18(25)21-8-5-9-27-3/h4,6-7,10,12H,5,8-9,11,13-14H2,1-3H3,(H,21,25)(H,22,23,26). The third-order valence-electron chi connectivity index (χ3n) is 3.94. The number of amides is 2. The van der Waals surface area contributed by atoms with Crippen molar-refractivity contribution in [3.05, 3.63) is 46.5 Å². The highest BCUT2D eigenvalue weighted by atomic mass is 32.1. The summed E-state index contributed by atoms with van der Waals surface area (Å²) in [5, 5.41) is 6.18. The Morgan fingerprint density at radius 3 is 2.79 bits per heavy atom. The van der Waals surface area contributed by atoms with E-state index in [0.717, 1.165) is 17.7 Å². The second kappa shape index (κ2) is 11.5. The van der Waals surface area contributed by atoms with E-state index >= 15 is 0 Å². The molecule has 1 aromatic heterocycles. The average molecular weight is 405 g/mol. The lowest BCUT2D eigenvalue weighted by Crippen LogP contribution is -2.39. The van der Waals surface area contributed by atoms with Gasteiger partial charge >= 0.3 is 0 Å². The van der Waals surface area contributed by atoms with Crippen molar-refractivity contribution in [2.75, 3.05) is 45.7 Å². The maximum absolute atomic E-state index is 12.2. The monoisotopic (exact) mass is 404 g/mol. The molecule has 1 heterocycles. The van der Waals surface area contributed by atoms with E-state index in [0.29, 0.717) is 18.3 Å².